The Kier molecular flexibility index (Phi) is 4.77. The summed E-state index contributed by atoms with van der Waals surface area (Å²) in [5, 5.41) is 38.2. The topological polar surface area (TPSA) is 134 Å². The van der Waals surface area contributed by atoms with Gasteiger partial charge in [-0.25, -0.2) is 0 Å². The number of hydrogen-bond donors (Lipinski definition) is 4. The van der Waals surface area contributed by atoms with Gasteiger partial charge in [-0.3, -0.25) is 9.59 Å². The molecular weight excluding hydrogens is 248 g/mol. The molecule has 0 spiro atoms. The molecule has 0 bridgehead atoms. The predicted molar refractivity (Wildman–Crippen MR) is 55.1 cm³/mol. The van der Waals surface area contributed by atoms with Crippen LogP contribution < -0.4 is 0 Å². The number of ketones is 1. The average Bonchev–Trinajstić information content (AvgIpc) is 2.28. The van der Waals surface area contributed by atoms with Crippen molar-refractivity contribution in [3.8, 4) is 0 Å². The predicted octanol–water partition coefficient (Wildman–Crippen LogP) is -2.69. The third-order valence-corrected chi connectivity index (χ3v) is 2.62. The summed E-state index contributed by atoms with van der Waals surface area (Å²) in [4.78, 5) is 21.8. The molecule has 0 aromatic rings. The summed E-state index contributed by atoms with van der Waals surface area (Å²) in [5.74, 6) is -1.47. The summed E-state index contributed by atoms with van der Waals surface area (Å²) in [7, 11) is 0. The smallest absolute Gasteiger partial charge is 0.305 e. The zero-order valence-corrected chi connectivity index (χ0v) is 9.89. The number of carbonyl (C=O) groups is 2. The van der Waals surface area contributed by atoms with Crippen LogP contribution in [0.1, 0.15) is 13.8 Å². The van der Waals surface area contributed by atoms with E-state index in [0.29, 0.717) is 0 Å². The van der Waals surface area contributed by atoms with Crippen molar-refractivity contribution in [2.24, 2.45) is 0 Å². The molecule has 1 aliphatic rings. The normalized spacial score (nSPS) is 38.0. The van der Waals surface area contributed by atoms with Crippen molar-refractivity contribution in [2.45, 2.75) is 50.7 Å². The molecule has 0 aromatic carbocycles. The number of aliphatic hydroxyl groups excluding tert-OH is 4. The second kappa shape index (κ2) is 5.72. The van der Waals surface area contributed by atoms with Gasteiger partial charge in [-0.15, -0.1) is 0 Å². The molecule has 0 amide bonds. The van der Waals surface area contributed by atoms with Crippen LogP contribution in [-0.4, -0.2) is 69.0 Å². The molecule has 1 unspecified atom stereocenters. The summed E-state index contributed by atoms with van der Waals surface area (Å²) < 4.78 is 9.52. The van der Waals surface area contributed by atoms with Crippen LogP contribution in [0.2, 0.25) is 0 Å². The molecule has 4 N–H and O–H groups in total. The fourth-order valence-corrected chi connectivity index (χ4v) is 1.63. The molecule has 6 atom stereocenters. The van der Waals surface area contributed by atoms with Crippen molar-refractivity contribution >= 4 is 11.8 Å². The maximum Gasteiger partial charge on any atom is 0.305 e. The van der Waals surface area contributed by atoms with Gasteiger partial charge in [0.1, 0.15) is 30.5 Å². The Balaban J connectivity index is 2.86. The number of hydrogen-bond acceptors (Lipinski definition) is 8. The van der Waals surface area contributed by atoms with E-state index >= 15 is 0 Å². The minimum atomic E-state index is -1.71. The van der Waals surface area contributed by atoms with Crippen LogP contribution in [-0.2, 0) is 19.1 Å². The fraction of sp³-hybridized carbons (Fsp3) is 0.800. The molecule has 0 radical (unpaired) electrons. The van der Waals surface area contributed by atoms with Crippen LogP contribution in [0.25, 0.3) is 0 Å². The van der Waals surface area contributed by atoms with Crippen molar-refractivity contribution in [1.29, 1.82) is 0 Å². The van der Waals surface area contributed by atoms with Gasteiger partial charge in [0.25, 0.3) is 0 Å². The van der Waals surface area contributed by atoms with E-state index in [9.17, 15) is 30.0 Å². The zero-order valence-electron chi connectivity index (χ0n) is 9.89. The Labute approximate surface area is 103 Å². The highest BCUT2D eigenvalue weighted by Gasteiger charge is 2.48. The molecule has 8 heteroatoms. The molecule has 8 nitrogen and oxygen atoms in total. The first-order valence-electron chi connectivity index (χ1n) is 5.31. The van der Waals surface area contributed by atoms with Gasteiger partial charge in [0.2, 0.25) is 6.29 Å². The lowest BCUT2D eigenvalue weighted by Crippen LogP contribution is -2.62. The Bertz CT molecular complexity index is 330. The summed E-state index contributed by atoms with van der Waals surface area (Å²) in [6.45, 7) is 2.13. The monoisotopic (exact) mass is 264 g/mol. The van der Waals surface area contributed by atoms with Crippen LogP contribution in [0.3, 0.4) is 0 Å². The van der Waals surface area contributed by atoms with E-state index in [1.165, 1.54) is 0 Å². The molecule has 104 valence electrons. The first kappa shape index (κ1) is 15.0. The van der Waals surface area contributed by atoms with E-state index in [2.05, 4.69) is 4.74 Å². The number of rotatable bonds is 3. The van der Waals surface area contributed by atoms with E-state index in [1.54, 1.807) is 0 Å². The molecule has 1 rings (SSSR count). The Morgan fingerprint density at radius 3 is 2.11 bits per heavy atom. The summed E-state index contributed by atoms with van der Waals surface area (Å²) in [6, 6.07) is 0. The molecule has 1 heterocycles. The van der Waals surface area contributed by atoms with Crippen molar-refractivity contribution in [3.05, 3.63) is 0 Å². The Hall–Kier alpha value is -1.06. The zero-order chi connectivity index (χ0) is 14.0. The molecule has 18 heavy (non-hydrogen) atoms. The lowest BCUT2D eigenvalue weighted by molar-refractivity contribution is -0.298. The van der Waals surface area contributed by atoms with Crippen LogP contribution in [0.5, 0.6) is 0 Å². The van der Waals surface area contributed by atoms with E-state index in [4.69, 9.17) is 4.74 Å². The molecule has 0 aliphatic carbocycles. The number of esters is 1. The van der Waals surface area contributed by atoms with Gasteiger partial charge in [-0.2, -0.15) is 0 Å². The second-order valence-electron chi connectivity index (χ2n) is 4.11. The van der Waals surface area contributed by atoms with Gasteiger partial charge in [0, 0.05) is 6.92 Å². The molecule has 1 fully saturated rings. The third-order valence-electron chi connectivity index (χ3n) is 2.62. The fourth-order valence-electron chi connectivity index (χ4n) is 1.63. The van der Waals surface area contributed by atoms with Gasteiger partial charge in [-0.1, -0.05) is 0 Å². The van der Waals surface area contributed by atoms with Gasteiger partial charge in [-0.05, 0) is 6.92 Å². The first-order chi connectivity index (χ1) is 8.25. The summed E-state index contributed by atoms with van der Waals surface area (Å²) in [6.07, 6.45) is -9.78. The minimum absolute atomic E-state index is 0.691. The van der Waals surface area contributed by atoms with Crippen molar-refractivity contribution in [1.82, 2.24) is 0 Å². The van der Waals surface area contributed by atoms with Gasteiger partial charge >= 0.3 is 5.97 Å². The second-order valence-corrected chi connectivity index (χ2v) is 4.11. The number of Topliss-reactive ketones (excluding diaryl/α,β-unsaturated/α-hetero) is 1. The van der Waals surface area contributed by atoms with Gasteiger partial charge in [0.05, 0.1) is 0 Å². The van der Waals surface area contributed by atoms with Crippen molar-refractivity contribution < 1.29 is 39.5 Å². The molecule has 1 saturated heterocycles. The van der Waals surface area contributed by atoms with Gasteiger partial charge in [0.15, 0.2) is 5.78 Å². The summed E-state index contributed by atoms with van der Waals surface area (Å²) >= 11 is 0. The highest BCUT2D eigenvalue weighted by Crippen LogP contribution is 2.24. The van der Waals surface area contributed by atoms with Crippen LogP contribution in [0, 0.1) is 0 Å². The molecular formula is C10H16O8. The Morgan fingerprint density at radius 1 is 1.11 bits per heavy atom. The average molecular weight is 264 g/mol. The maximum absolute atomic E-state index is 11.0. The molecule has 0 aromatic heterocycles. The van der Waals surface area contributed by atoms with E-state index in [0.717, 1.165) is 13.8 Å². The number of carbonyl (C=O) groups excluding carboxylic acids is 2. The molecule has 0 saturated carbocycles. The highest BCUT2D eigenvalue weighted by molar-refractivity contribution is 5.80. The summed E-state index contributed by atoms with van der Waals surface area (Å²) in [5.41, 5.74) is 0. The first-order valence-corrected chi connectivity index (χ1v) is 5.31. The quantitative estimate of drug-likeness (QED) is 0.405. The highest BCUT2D eigenvalue weighted by atomic mass is 16.7. The number of aliphatic hydroxyl groups is 4. The van der Waals surface area contributed by atoms with Crippen molar-refractivity contribution in [2.75, 3.05) is 0 Å². The third kappa shape index (κ3) is 3.03. The van der Waals surface area contributed by atoms with Crippen LogP contribution in [0.4, 0.5) is 0 Å². The SMILES string of the molecule is CC(=O)O[C@@H]1O[C@H](C(O)C(C)=O)[C@@H](O)[C@H](O)[C@H]1O. The van der Waals surface area contributed by atoms with Crippen LogP contribution >= 0.6 is 0 Å². The lowest BCUT2D eigenvalue weighted by atomic mass is 9.94. The van der Waals surface area contributed by atoms with E-state index < -0.39 is 48.6 Å². The van der Waals surface area contributed by atoms with E-state index in [-0.39, 0.29) is 0 Å². The number of ether oxygens (including phenoxy) is 2. The minimum Gasteiger partial charge on any atom is -0.433 e. The standard InChI is InChI=1S/C10H16O8/c1-3(11)5(13)9-7(15)6(14)8(16)10(18-9)17-4(2)12/h5-10,13-16H,1-2H3/t5?,6-,7-,8+,9+,10+/m0/s1. The lowest BCUT2D eigenvalue weighted by Gasteiger charge is -2.40. The largest absolute Gasteiger partial charge is 0.433 e. The molecule has 1 aliphatic heterocycles. The van der Waals surface area contributed by atoms with E-state index in [1.807, 2.05) is 0 Å². The van der Waals surface area contributed by atoms with Crippen LogP contribution in [0.15, 0.2) is 0 Å². The Morgan fingerprint density at radius 2 is 1.67 bits per heavy atom. The van der Waals surface area contributed by atoms with Gasteiger partial charge < -0.3 is 29.9 Å². The maximum atomic E-state index is 11.0. The van der Waals surface area contributed by atoms with Crippen molar-refractivity contribution in [3.63, 3.8) is 0 Å².